The number of nitrogen functional groups attached to an aromatic ring is 2. The third kappa shape index (κ3) is 3.69. The van der Waals surface area contributed by atoms with Crippen molar-refractivity contribution >= 4 is 34.1 Å². The highest BCUT2D eigenvalue weighted by Gasteiger charge is 2.15. The molecule has 140 valence electrons. The second-order valence-corrected chi connectivity index (χ2v) is 6.69. The lowest BCUT2D eigenvalue weighted by molar-refractivity contribution is 0.446. The summed E-state index contributed by atoms with van der Waals surface area (Å²) in [6.07, 6.45) is 0. The molecule has 0 spiro atoms. The van der Waals surface area contributed by atoms with E-state index in [-0.39, 0.29) is 11.5 Å². The van der Waals surface area contributed by atoms with Gasteiger partial charge in [0.1, 0.15) is 11.5 Å². The van der Waals surface area contributed by atoms with Crippen LogP contribution < -0.4 is 22.1 Å². The molecule has 0 fully saturated rings. The first-order valence-electron chi connectivity index (χ1n) is 8.58. The minimum absolute atomic E-state index is 0.0129. The summed E-state index contributed by atoms with van der Waals surface area (Å²) in [5, 5.41) is 27.2. The van der Waals surface area contributed by atoms with Crippen molar-refractivity contribution < 1.29 is 10.2 Å². The fourth-order valence-corrected chi connectivity index (χ4v) is 2.81. The van der Waals surface area contributed by atoms with Crippen LogP contribution in [0.1, 0.15) is 16.7 Å². The highest BCUT2D eigenvalue weighted by atomic mass is 16.3. The minimum atomic E-state index is -0.0129. The second-order valence-electron chi connectivity index (χ2n) is 6.69. The molecule has 6 nitrogen and oxygen atoms in total. The van der Waals surface area contributed by atoms with Crippen LogP contribution in [0.3, 0.4) is 0 Å². The first kappa shape index (κ1) is 18.3. The van der Waals surface area contributed by atoms with Gasteiger partial charge in [-0.25, -0.2) is 0 Å². The summed E-state index contributed by atoms with van der Waals surface area (Å²) in [4.78, 5) is 0. The van der Waals surface area contributed by atoms with Crippen LogP contribution in [-0.2, 0) is 0 Å². The van der Waals surface area contributed by atoms with Crippen molar-refractivity contribution in [1.29, 1.82) is 0 Å². The van der Waals surface area contributed by atoms with Crippen molar-refractivity contribution in [2.24, 2.45) is 0 Å². The molecule has 0 heterocycles. The fourth-order valence-electron chi connectivity index (χ4n) is 2.81. The SMILES string of the molecule is Cc1cc(Nc2cc(Nc3ccc(N)c(C)c3)c(O)c(C)c2O)ccc1N. The van der Waals surface area contributed by atoms with E-state index in [2.05, 4.69) is 10.6 Å². The molecule has 8 N–H and O–H groups in total. The number of nitrogens with two attached hydrogens (primary N) is 2. The normalized spacial score (nSPS) is 10.6. The molecule has 3 aromatic rings. The molecule has 0 unspecified atom stereocenters. The summed E-state index contributed by atoms with van der Waals surface area (Å²) in [6, 6.07) is 12.7. The fraction of sp³-hybridized carbons (Fsp3) is 0.143. The van der Waals surface area contributed by atoms with Crippen molar-refractivity contribution in [2.45, 2.75) is 20.8 Å². The number of aromatic hydroxyl groups is 2. The van der Waals surface area contributed by atoms with Crippen molar-refractivity contribution in [2.75, 3.05) is 22.1 Å². The Morgan fingerprint density at radius 3 is 1.44 bits per heavy atom. The average Bonchev–Trinajstić information content (AvgIpc) is 2.63. The summed E-state index contributed by atoms with van der Waals surface area (Å²) in [6.45, 7) is 5.49. The van der Waals surface area contributed by atoms with E-state index in [0.717, 1.165) is 22.5 Å². The zero-order valence-electron chi connectivity index (χ0n) is 15.6. The molecule has 0 amide bonds. The van der Waals surface area contributed by atoms with Crippen LogP contribution in [0.4, 0.5) is 34.1 Å². The average molecular weight is 364 g/mol. The van der Waals surface area contributed by atoms with Crippen molar-refractivity contribution in [1.82, 2.24) is 0 Å². The number of anilines is 6. The third-order valence-electron chi connectivity index (χ3n) is 4.61. The van der Waals surface area contributed by atoms with Gasteiger partial charge < -0.3 is 32.3 Å². The zero-order chi connectivity index (χ0) is 19.7. The molecule has 0 saturated carbocycles. The second kappa shape index (κ2) is 6.99. The van der Waals surface area contributed by atoms with E-state index < -0.39 is 0 Å². The van der Waals surface area contributed by atoms with Gasteiger partial charge in [-0.15, -0.1) is 0 Å². The van der Waals surface area contributed by atoms with Crippen molar-refractivity contribution in [3.05, 3.63) is 59.2 Å². The topological polar surface area (TPSA) is 117 Å². The van der Waals surface area contributed by atoms with E-state index in [1.165, 1.54) is 0 Å². The summed E-state index contributed by atoms with van der Waals surface area (Å²) in [7, 11) is 0. The summed E-state index contributed by atoms with van der Waals surface area (Å²) in [5.74, 6) is -0.0259. The molecule has 0 bridgehead atoms. The predicted octanol–water partition coefficient (Wildman–Crippen LogP) is 4.67. The number of benzene rings is 3. The van der Waals surface area contributed by atoms with Gasteiger partial charge in [-0.3, -0.25) is 0 Å². The van der Waals surface area contributed by atoms with Gasteiger partial charge in [-0.2, -0.15) is 0 Å². The summed E-state index contributed by atoms with van der Waals surface area (Å²) < 4.78 is 0. The molecular weight excluding hydrogens is 340 g/mol. The van der Waals surface area contributed by atoms with E-state index in [1.807, 2.05) is 38.1 Å². The lowest BCUT2D eigenvalue weighted by Gasteiger charge is -2.17. The zero-order valence-corrected chi connectivity index (χ0v) is 15.6. The first-order valence-corrected chi connectivity index (χ1v) is 8.58. The number of hydrogen-bond acceptors (Lipinski definition) is 6. The quantitative estimate of drug-likeness (QED) is 0.227. The van der Waals surface area contributed by atoms with Gasteiger partial charge in [0, 0.05) is 28.3 Å². The molecule has 0 aliphatic heterocycles. The maximum atomic E-state index is 10.4. The largest absolute Gasteiger partial charge is 0.505 e. The van der Waals surface area contributed by atoms with Gasteiger partial charge in [-0.1, -0.05) is 0 Å². The van der Waals surface area contributed by atoms with E-state index in [1.54, 1.807) is 25.1 Å². The summed E-state index contributed by atoms with van der Waals surface area (Å²) >= 11 is 0. The molecular formula is C21H24N4O2. The van der Waals surface area contributed by atoms with E-state index in [4.69, 9.17) is 11.5 Å². The first-order chi connectivity index (χ1) is 12.8. The van der Waals surface area contributed by atoms with Gasteiger partial charge >= 0.3 is 0 Å². The minimum Gasteiger partial charge on any atom is -0.505 e. The standard InChI is InChI=1S/C21H24N4O2/c1-11-8-14(4-6-16(11)22)24-18-10-19(21(27)13(3)20(18)26)25-15-5-7-17(23)12(2)9-15/h4-10,24-27H,22-23H2,1-3H3. The Labute approximate surface area is 158 Å². The molecule has 27 heavy (non-hydrogen) atoms. The Balaban J connectivity index is 1.97. The number of rotatable bonds is 4. The molecule has 0 radical (unpaired) electrons. The predicted molar refractivity (Wildman–Crippen MR) is 112 cm³/mol. The molecule has 0 aliphatic carbocycles. The number of hydrogen-bond donors (Lipinski definition) is 6. The van der Waals surface area contributed by atoms with Crippen molar-refractivity contribution in [3.63, 3.8) is 0 Å². The lowest BCUT2D eigenvalue weighted by Crippen LogP contribution is -1.99. The third-order valence-corrected chi connectivity index (χ3v) is 4.61. The monoisotopic (exact) mass is 364 g/mol. The van der Waals surface area contributed by atoms with Crippen LogP contribution in [-0.4, -0.2) is 10.2 Å². The lowest BCUT2D eigenvalue weighted by atomic mass is 10.1. The maximum absolute atomic E-state index is 10.4. The highest BCUT2D eigenvalue weighted by Crippen LogP contribution is 2.42. The Kier molecular flexibility index (Phi) is 4.73. The van der Waals surface area contributed by atoms with Crippen LogP contribution in [0.2, 0.25) is 0 Å². The van der Waals surface area contributed by atoms with Gasteiger partial charge in [0.25, 0.3) is 0 Å². The van der Waals surface area contributed by atoms with Crippen LogP contribution in [0.25, 0.3) is 0 Å². The molecule has 0 aromatic heterocycles. The van der Waals surface area contributed by atoms with E-state index in [0.29, 0.717) is 28.3 Å². The van der Waals surface area contributed by atoms with E-state index in [9.17, 15) is 10.2 Å². The molecule has 0 saturated heterocycles. The van der Waals surface area contributed by atoms with Gasteiger partial charge in [0.15, 0.2) is 0 Å². The Morgan fingerprint density at radius 1 is 0.667 bits per heavy atom. The molecule has 0 aliphatic rings. The molecule has 6 heteroatoms. The van der Waals surface area contributed by atoms with E-state index >= 15 is 0 Å². The Morgan fingerprint density at radius 2 is 1.07 bits per heavy atom. The number of phenols is 2. The van der Waals surface area contributed by atoms with Crippen LogP contribution in [0.5, 0.6) is 11.5 Å². The number of aryl methyl sites for hydroxylation is 2. The van der Waals surface area contributed by atoms with Crippen molar-refractivity contribution in [3.8, 4) is 11.5 Å². The number of nitrogens with one attached hydrogen (secondary N) is 2. The van der Waals surface area contributed by atoms with Gasteiger partial charge in [0.05, 0.1) is 11.4 Å². The van der Waals surface area contributed by atoms with Crippen LogP contribution in [0.15, 0.2) is 42.5 Å². The number of phenolic OH excluding ortho intramolecular Hbond substituents is 2. The highest BCUT2D eigenvalue weighted by molar-refractivity contribution is 5.80. The Bertz CT molecular complexity index is 938. The molecule has 0 atom stereocenters. The molecule has 3 rings (SSSR count). The van der Waals surface area contributed by atoms with Gasteiger partial charge in [-0.05, 0) is 74.4 Å². The summed E-state index contributed by atoms with van der Waals surface area (Å²) in [5.41, 5.74) is 17.9. The molecule has 3 aromatic carbocycles. The van der Waals surface area contributed by atoms with Crippen LogP contribution >= 0.6 is 0 Å². The van der Waals surface area contributed by atoms with Crippen LogP contribution in [0, 0.1) is 20.8 Å². The maximum Gasteiger partial charge on any atom is 0.145 e. The Hall–Kier alpha value is -3.54. The van der Waals surface area contributed by atoms with Gasteiger partial charge in [0.2, 0.25) is 0 Å². The smallest absolute Gasteiger partial charge is 0.145 e.